The van der Waals surface area contributed by atoms with Crippen molar-refractivity contribution in [2.24, 2.45) is 5.84 Å². The molecule has 1 aromatic heterocycles. The average molecular weight is 361 g/mol. The van der Waals surface area contributed by atoms with Gasteiger partial charge in [0.2, 0.25) is 0 Å². The van der Waals surface area contributed by atoms with Crippen molar-refractivity contribution in [2.75, 3.05) is 0 Å². The number of nitrogens with one attached hydrogen (secondary N) is 1. The molecule has 0 bridgehead atoms. The fraction of sp³-hybridized carbons (Fsp3) is 0.154. The second-order valence-corrected chi connectivity index (χ2v) is 5.00. The van der Waals surface area contributed by atoms with Gasteiger partial charge < -0.3 is 9.15 Å². The molecule has 21 heavy (non-hydrogen) atoms. The summed E-state index contributed by atoms with van der Waals surface area (Å²) in [7, 11) is 0. The number of benzene rings is 1. The largest absolute Gasteiger partial charge is 0.481 e. The molecular formula is C13H11BrF2N2O3. The van der Waals surface area contributed by atoms with Crippen LogP contribution in [0.1, 0.15) is 21.9 Å². The molecule has 8 heteroatoms. The Labute approximate surface area is 127 Å². The van der Waals surface area contributed by atoms with E-state index >= 15 is 0 Å². The maximum atomic E-state index is 13.6. The maximum Gasteiger partial charge on any atom is 0.268 e. The van der Waals surface area contributed by atoms with E-state index in [0.29, 0.717) is 17.6 Å². The molecule has 1 heterocycles. The molecule has 2 rings (SSSR count). The van der Waals surface area contributed by atoms with Crippen LogP contribution in [0.2, 0.25) is 0 Å². The molecule has 1 aromatic carbocycles. The van der Waals surface area contributed by atoms with Gasteiger partial charge in [-0.2, -0.15) is 0 Å². The maximum absolute atomic E-state index is 13.6. The number of rotatable bonds is 4. The molecule has 0 unspecified atom stereocenters. The lowest BCUT2D eigenvalue weighted by Crippen LogP contribution is -2.30. The number of halogens is 3. The van der Waals surface area contributed by atoms with E-state index < -0.39 is 17.5 Å². The molecule has 0 aliphatic rings. The van der Waals surface area contributed by atoms with Gasteiger partial charge >= 0.3 is 0 Å². The van der Waals surface area contributed by atoms with Crippen LogP contribution >= 0.6 is 15.9 Å². The van der Waals surface area contributed by atoms with Crippen molar-refractivity contribution in [2.45, 2.75) is 13.5 Å². The number of furan rings is 1. The van der Waals surface area contributed by atoms with Crippen LogP contribution < -0.4 is 16.0 Å². The van der Waals surface area contributed by atoms with Crippen LogP contribution in [-0.4, -0.2) is 5.91 Å². The molecule has 3 N–H and O–H groups in total. The molecule has 2 aromatic rings. The number of hydrogen-bond acceptors (Lipinski definition) is 4. The first kappa shape index (κ1) is 15.5. The fourth-order valence-corrected chi connectivity index (χ4v) is 2.25. The first-order valence-corrected chi connectivity index (χ1v) is 6.59. The molecule has 0 atom stereocenters. The Morgan fingerprint density at radius 3 is 2.76 bits per heavy atom. The van der Waals surface area contributed by atoms with E-state index in [-0.39, 0.29) is 22.4 Å². The summed E-state index contributed by atoms with van der Waals surface area (Å²) in [5.74, 6) is 3.49. The molecule has 112 valence electrons. The third-order valence-corrected chi connectivity index (χ3v) is 3.26. The molecule has 0 saturated heterocycles. The highest BCUT2D eigenvalue weighted by molar-refractivity contribution is 9.10. The van der Waals surface area contributed by atoms with E-state index in [1.807, 2.05) is 5.43 Å². The summed E-state index contributed by atoms with van der Waals surface area (Å²) in [6.45, 7) is 1.46. The van der Waals surface area contributed by atoms with E-state index in [2.05, 4.69) is 15.9 Å². The molecule has 0 aliphatic heterocycles. The number of aryl methyl sites for hydroxylation is 1. The smallest absolute Gasteiger partial charge is 0.268 e. The van der Waals surface area contributed by atoms with Crippen molar-refractivity contribution in [3.8, 4) is 5.75 Å². The summed E-state index contributed by atoms with van der Waals surface area (Å²) in [5, 5.41) is 0. The molecule has 0 saturated carbocycles. The monoisotopic (exact) mass is 360 g/mol. The van der Waals surface area contributed by atoms with Crippen LogP contribution in [0, 0.1) is 18.6 Å². The first-order valence-electron chi connectivity index (χ1n) is 5.80. The van der Waals surface area contributed by atoms with Gasteiger partial charge in [-0.25, -0.2) is 14.6 Å². The van der Waals surface area contributed by atoms with E-state index in [9.17, 15) is 13.6 Å². The topological polar surface area (TPSA) is 77.5 Å². The molecule has 1 amide bonds. The van der Waals surface area contributed by atoms with E-state index in [1.54, 1.807) is 6.92 Å². The van der Waals surface area contributed by atoms with E-state index in [1.165, 1.54) is 6.07 Å². The fourth-order valence-electron chi connectivity index (χ4n) is 1.73. The second-order valence-electron chi connectivity index (χ2n) is 4.14. The van der Waals surface area contributed by atoms with Crippen molar-refractivity contribution in [1.82, 2.24) is 5.43 Å². The Balaban J connectivity index is 2.16. The van der Waals surface area contributed by atoms with Crippen molar-refractivity contribution in [1.29, 1.82) is 0 Å². The predicted molar refractivity (Wildman–Crippen MR) is 73.5 cm³/mol. The van der Waals surface area contributed by atoms with Crippen LogP contribution in [0.4, 0.5) is 8.78 Å². The second kappa shape index (κ2) is 6.23. The number of nitrogens with two attached hydrogens (primary N) is 1. The van der Waals surface area contributed by atoms with Crippen molar-refractivity contribution >= 4 is 21.8 Å². The Hall–Kier alpha value is -1.93. The van der Waals surface area contributed by atoms with Gasteiger partial charge in [-0.3, -0.25) is 10.2 Å². The SMILES string of the molecule is Cc1oc(COc2c(F)cc(F)cc2Br)cc1C(=O)NN. The molecular weight excluding hydrogens is 350 g/mol. The van der Waals surface area contributed by atoms with E-state index in [4.69, 9.17) is 15.0 Å². The summed E-state index contributed by atoms with van der Waals surface area (Å²) in [6.07, 6.45) is 0. The molecule has 0 spiro atoms. The number of amides is 1. The Morgan fingerprint density at radius 1 is 1.43 bits per heavy atom. The lowest BCUT2D eigenvalue weighted by molar-refractivity contribution is 0.0952. The van der Waals surface area contributed by atoms with Gasteiger partial charge in [0.05, 0.1) is 10.0 Å². The van der Waals surface area contributed by atoms with Crippen molar-refractivity contribution in [3.63, 3.8) is 0 Å². The number of nitrogen functional groups attached to an aromatic ring is 1. The Morgan fingerprint density at radius 2 is 2.14 bits per heavy atom. The van der Waals surface area contributed by atoms with Crippen molar-refractivity contribution < 1.29 is 22.7 Å². The summed E-state index contributed by atoms with van der Waals surface area (Å²) in [5.41, 5.74) is 2.24. The van der Waals surface area contributed by atoms with Gasteiger partial charge in [0.15, 0.2) is 11.6 Å². The number of carbonyl (C=O) groups excluding carboxylic acids is 1. The van der Waals surface area contributed by atoms with Gasteiger partial charge in [0.1, 0.15) is 23.9 Å². The summed E-state index contributed by atoms with van der Waals surface area (Å²) < 4.78 is 37.2. The summed E-state index contributed by atoms with van der Waals surface area (Å²) in [4.78, 5) is 11.4. The minimum Gasteiger partial charge on any atom is -0.481 e. The number of hydrazine groups is 1. The standard InChI is InChI=1S/C13H11BrF2N2O3/c1-6-9(13(19)18-17)4-8(21-6)5-20-12-10(14)2-7(15)3-11(12)16/h2-4H,5,17H2,1H3,(H,18,19). The van der Waals surface area contributed by atoms with Crippen molar-refractivity contribution in [3.05, 3.63) is 51.4 Å². The number of ether oxygens (including phenoxy) is 1. The lowest BCUT2D eigenvalue weighted by Gasteiger charge is -2.07. The third kappa shape index (κ3) is 3.40. The molecule has 0 radical (unpaired) electrons. The Kier molecular flexibility index (Phi) is 4.59. The van der Waals surface area contributed by atoms with E-state index in [0.717, 1.165) is 6.07 Å². The minimum atomic E-state index is -0.843. The summed E-state index contributed by atoms with van der Waals surface area (Å²) in [6, 6.07) is 3.23. The van der Waals surface area contributed by atoms with Gasteiger partial charge in [0.25, 0.3) is 5.91 Å². The van der Waals surface area contributed by atoms with Crippen LogP contribution in [0.15, 0.2) is 27.1 Å². The predicted octanol–water partition coefficient (Wildman–Crippen LogP) is 2.81. The minimum absolute atomic E-state index is 0.125. The van der Waals surface area contributed by atoms with Gasteiger partial charge in [0, 0.05) is 6.07 Å². The molecule has 0 aliphatic carbocycles. The number of hydrogen-bond donors (Lipinski definition) is 2. The van der Waals surface area contributed by atoms with Gasteiger partial charge in [-0.15, -0.1) is 0 Å². The highest BCUT2D eigenvalue weighted by Crippen LogP contribution is 2.30. The van der Waals surface area contributed by atoms with Crippen LogP contribution in [0.5, 0.6) is 5.75 Å². The normalized spacial score (nSPS) is 10.5. The lowest BCUT2D eigenvalue weighted by atomic mass is 10.2. The summed E-state index contributed by atoms with van der Waals surface area (Å²) >= 11 is 3.01. The van der Waals surface area contributed by atoms with Crippen LogP contribution in [-0.2, 0) is 6.61 Å². The number of carbonyl (C=O) groups is 1. The highest BCUT2D eigenvalue weighted by Gasteiger charge is 2.16. The quantitative estimate of drug-likeness (QED) is 0.499. The van der Waals surface area contributed by atoms with Crippen LogP contribution in [0.3, 0.4) is 0 Å². The zero-order valence-electron chi connectivity index (χ0n) is 10.9. The highest BCUT2D eigenvalue weighted by atomic mass is 79.9. The van der Waals surface area contributed by atoms with Gasteiger partial charge in [-0.1, -0.05) is 0 Å². The average Bonchev–Trinajstić information content (AvgIpc) is 2.78. The van der Waals surface area contributed by atoms with Crippen LogP contribution in [0.25, 0.3) is 0 Å². The van der Waals surface area contributed by atoms with Gasteiger partial charge in [-0.05, 0) is 35.0 Å². The Bertz CT molecular complexity index is 665. The third-order valence-electron chi connectivity index (χ3n) is 2.67. The zero-order chi connectivity index (χ0) is 15.6. The zero-order valence-corrected chi connectivity index (χ0v) is 12.5. The first-order chi connectivity index (χ1) is 9.92. The molecule has 0 fully saturated rings. The molecule has 5 nitrogen and oxygen atoms in total.